The highest BCUT2D eigenvalue weighted by molar-refractivity contribution is 6.31. The van der Waals surface area contributed by atoms with E-state index in [1.165, 1.54) is 7.11 Å². The summed E-state index contributed by atoms with van der Waals surface area (Å²) >= 11 is 5.93. The molecule has 7 nitrogen and oxygen atoms in total. The first-order chi connectivity index (χ1) is 9.01. The lowest BCUT2D eigenvalue weighted by Crippen LogP contribution is -2.18. The standard InChI is InChI=1S/C11H14ClN5O2/c1-6(2)17-5-7(12)4-8(17)9(18)13-10-14-11(19-3)16-15-10/h4-6H,1-3H3,(H2,13,14,15,16,18). The number of amides is 1. The molecule has 0 aliphatic carbocycles. The van der Waals surface area contributed by atoms with E-state index in [-0.39, 0.29) is 23.9 Å². The third-order valence-corrected chi connectivity index (χ3v) is 2.69. The van der Waals surface area contributed by atoms with Crippen LogP contribution in [0, 0.1) is 0 Å². The van der Waals surface area contributed by atoms with Gasteiger partial charge in [0.15, 0.2) is 0 Å². The first-order valence-corrected chi connectivity index (χ1v) is 6.04. The fraction of sp³-hybridized carbons (Fsp3) is 0.364. The van der Waals surface area contributed by atoms with Gasteiger partial charge in [-0.15, -0.1) is 5.10 Å². The minimum atomic E-state index is -0.320. The molecule has 0 aliphatic rings. The van der Waals surface area contributed by atoms with E-state index in [1.807, 2.05) is 13.8 Å². The maximum absolute atomic E-state index is 12.1. The lowest BCUT2D eigenvalue weighted by molar-refractivity contribution is 0.101. The Bertz CT molecular complexity index is 590. The molecule has 0 spiro atoms. The van der Waals surface area contributed by atoms with E-state index in [1.54, 1.807) is 16.8 Å². The van der Waals surface area contributed by atoms with E-state index >= 15 is 0 Å². The molecular formula is C11H14ClN5O2. The molecule has 0 saturated carbocycles. The van der Waals surface area contributed by atoms with Gasteiger partial charge in [-0.3, -0.25) is 10.1 Å². The molecule has 0 fully saturated rings. The molecule has 8 heteroatoms. The Kier molecular flexibility index (Phi) is 3.75. The number of hydrogen-bond donors (Lipinski definition) is 2. The molecule has 0 bridgehead atoms. The van der Waals surface area contributed by atoms with E-state index in [0.29, 0.717) is 10.7 Å². The lowest BCUT2D eigenvalue weighted by atomic mass is 10.3. The number of carbonyl (C=O) groups is 1. The summed E-state index contributed by atoms with van der Waals surface area (Å²) in [4.78, 5) is 16.0. The second kappa shape index (κ2) is 5.31. The highest BCUT2D eigenvalue weighted by atomic mass is 35.5. The molecule has 0 aliphatic heterocycles. The molecule has 19 heavy (non-hydrogen) atoms. The number of anilines is 1. The van der Waals surface area contributed by atoms with E-state index in [9.17, 15) is 4.79 Å². The van der Waals surface area contributed by atoms with Crippen molar-refractivity contribution >= 4 is 23.5 Å². The van der Waals surface area contributed by atoms with E-state index in [0.717, 1.165) is 0 Å². The highest BCUT2D eigenvalue weighted by Crippen LogP contribution is 2.19. The molecule has 0 unspecified atom stereocenters. The van der Waals surface area contributed by atoms with Crippen LogP contribution in [0.3, 0.4) is 0 Å². The molecule has 2 aromatic rings. The van der Waals surface area contributed by atoms with Crippen molar-refractivity contribution in [3.63, 3.8) is 0 Å². The molecule has 0 aromatic carbocycles. The van der Waals surface area contributed by atoms with Crippen LogP contribution in [-0.2, 0) is 0 Å². The van der Waals surface area contributed by atoms with Crippen molar-refractivity contribution in [2.24, 2.45) is 0 Å². The van der Waals surface area contributed by atoms with E-state index < -0.39 is 0 Å². The summed E-state index contributed by atoms with van der Waals surface area (Å²) in [6.45, 7) is 3.93. The molecule has 2 aromatic heterocycles. The molecule has 1 amide bonds. The van der Waals surface area contributed by atoms with Crippen LogP contribution in [0.5, 0.6) is 6.01 Å². The van der Waals surface area contributed by atoms with Crippen LogP contribution in [0.1, 0.15) is 30.4 Å². The van der Waals surface area contributed by atoms with Crippen LogP contribution in [0.25, 0.3) is 0 Å². The monoisotopic (exact) mass is 283 g/mol. The van der Waals surface area contributed by atoms with Gasteiger partial charge in [0.1, 0.15) is 5.69 Å². The largest absolute Gasteiger partial charge is 0.466 e. The zero-order valence-electron chi connectivity index (χ0n) is 10.8. The number of methoxy groups -OCH3 is 1. The number of nitrogens with one attached hydrogen (secondary N) is 2. The van der Waals surface area contributed by atoms with Crippen molar-refractivity contribution in [3.05, 3.63) is 23.0 Å². The third kappa shape index (κ3) is 2.87. The first-order valence-electron chi connectivity index (χ1n) is 5.66. The number of H-pyrrole nitrogens is 1. The second-order valence-electron chi connectivity index (χ2n) is 4.17. The van der Waals surface area contributed by atoms with Crippen molar-refractivity contribution in [2.45, 2.75) is 19.9 Å². The molecule has 0 radical (unpaired) electrons. The quantitative estimate of drug-likeness (QED) is 0.900. The number of hydrogen-bond acceptors (Lipinski definition) is 4. The topological polar surface area (TPSA) is 84.8 Å². The minimum Gasteiger partial charge on any atom is -0.466 e. The number of ether oxygens (including phenoxy) is 1. The SMILES string of the molecule is COc1n[nH]c(NC(=O)c2cc(Cl)cn2C(C)C)n1. The van der Waals surface area contributed by atoms with Gasteiger partial charge in [0, 0.05) is 12.2 Å². The van der Waals surface area contributed by atoms with Crippen molar-refractivity contribution < 1.29 is 9.53 Å². The number of aromatic nitrogens is 4. The average Bonchev–Trinajstić information content (AvgIpc) is 2.95. The van der Waals surface area contributed by atoms with Gasteiger partial charge in [0.25, 0.3) is 5.91 Å². The van der Waals surface area contributed by atoms with Crippen molar-refractivity contribution in [1.82, 2.24) is 19.7 Å². The summed E-state index contributed by atoms with van der Waals surface area (Å²) in [6, 6.07) is 1.88. The summed E-state index contributed by atoms with van der Waals surface area (Å²) < 4.78 is 6.60. The van der Waals surface area contributed by atoms with E-state index in [4.69, 9.17) is 16.3 Å². The van der Waals surface area contributed by atoms with Crippen molar-refractivity contribution in [2.75, 3.05) is 12.4 Å². The summed E-state index contributed by atoms with van der Waals surface area (Å²) in [5, 5.41) is 9.39. The molecule has 0 atom stereocenters. The lowest BCUT2D eigenvalue weighted by Gasteiger charge is -2.11. The van der Waals surface area contributed by atoms with Crippen LogP contribution in [0.2, 0.25) is 5.02 Å². The molecule has 2 heterocycles. The number of nitrogens with zero attached hydrogens (tertiary/aromatic N) is 3. The molecule has 0 saturated heterocycles. The summed E-state index contributed by atoms with van der Waals surface area (Å²) in [6.07, 6.45) is 1.71. The summed E-state index contributed by atoms with van der Waals surface area (Å²) in [5.41, 5.74) is 0.454. The third-order valence-electron chi connectivity index (χ3n) is 2.48. The Morgan fingerprint density at radius 3 is 2.89 bits per heavy atom. The Balaban J connectivity index is 2.20. The molecular weight excluding hydrogens is 270 g/mol. The van der Waals surface area contributed by atoms with Crippen LogP contribution in [0.4, 0.5) is 5.95 Å². The Hall–Kier alpha value is -2.02. The average molecular weight is 284 g/mol. The molecule has 2 rings (SSSR count). The first kappa shape index (κ1) is 13.4. The number of carbonyl (C=O) groups excluding carboxylic acids is 1. The number of halogens is 1. The zero-order chi connectivity index (χ0) is 14.0. The van der Waals surface area contributed by atoms with Gasteiger partial charge >= 0.3 is 6.01 Å². The number of rotatable bonds is 4. The normalized spacial score (nSPS) is 10.8. The molecule has 102 valence electrons. The van der Waals surface area contributed by atoms with Gasteiger partial charge in [-0.05, 0) is 19.9 Å². The van der Waals surface area contributed by atoms with E-state index in [2.05, 4.69) is 20.5 Å². The maximum Gasteiger partial charge on any atom is 0.336 e. The van der Waals surface area contributed by atoms with Gasteiger partial charge in [0.05, 0.1) is 12.1 Å². The fourth-order valence-electron chi connectivity index (χ4n) is 1.62. The zero-order valence-corrected chi connectivity index (χ0v) is 11.5. The number of aromatic amines is 1. The Morgan fingerprint density at radius 2 is 2.32 bits per heavy atom. The van der Waals surface area contributed by atoms with Gasteiger partial charge < -0.3 is 9.30 Å². The van der Waals surface area contributed by atoms with Gasteiger partial charge in [-0.25, -0.2) is 5.10 Å². The molecule has 2 N–H and O–H groups in total. The Labute approximate surface area is 114 Å². The van der Waals surface area contributed by atoms with Gasteiger partial charge in [-0.2, -0.15) is 4.98 Å². The van der Waals surface area contributed by atoms with Crippen molar-refractivity contribution in [1.29, 1.82) is 0 Å². The smallest absolute Gasteiger partial charge is 0.336 e. The van der Waals surface area contributed by atoms with Crippen LogP contribution in [-0.4, -0.2) is 32.8 Å². The van der Waals surface area contributed by atoms with Crippen LogP contribution < -0.4 is 10.1 Å². The van der Waals surface area contributed by atoms with Crippen LogP contribution in [0.15, 0.2) is 12.3 Å². The van der Waals surface area contributed by atoms with Gasteiger partial charge in [0.2, 0.25) is 5.95 Å². The van der Waals surface area contributed by atoms with Crippen LogP contribution >= 0.6 is 11.6 Å². The highest BCUT2D eigenvalue weighted by Gasteiger charge is 2.16. The summed E-state index contributed by atoms with van der Waals surface area (Å²) in [5.74, 6) is -0.103. The van der Waals surface area contributed by atoms with Crippen molar-refractivity contribution in [3.8, 4) is 6.01 Å². The second-order valence-corrected chi connectivity index (χ2v) is 4.61. The minimum absolute atomic E-state index is 0.123. The summed E-state index contributed by atoms with van der Waals surface area (Å²) in [7, 11) is 1.44. The van der Waals surface area contributed by atoms with Gasteiger partial charge in [-0.1, -0.05) is 11.6 Å². The fourth-order valence-corrected chi connectivity index (χ4v) is 1.83. The predicted octanol–water partition coefficient (Wildman–Crippen LogP) is 2.10. The maximum atomic E-state index is 12.1. The predicted molar refractivity (Wildman–Crippen MR) is 70.7 cm³/mol. The Morgan fingerprint density at radius 1 is 1.58 bits per heavy atom.